The van der Waals surface area contributed by atoms with Crippen LogP contribution in [0.25, 0.3) is 11.3 Å². The van der Waals surface area contributed by atoms with Crippen molar-refractivity contribution in [3.63, 3.8) is 0 Å². The molecule has 1 aromatic carbocycles. The fourth-order valence-electron chi connectivity index (χ4n) is 2.83. The molecule has 1 N–H and O–H groups in total. The second-order valence-electron chi connectivity index (χ2n) is 5.54. The molecular weight excluding hydrogens is 280 g/mol. The van der Waals surface area contributed by atoms with Crippen LogP contribution in [0.1, 0.15) is 30.7 Å². The lowest BCUT2D eigenvalue weighted by atomic mass is 10.2. The fourth-order valence-corrected chi connectivity index (χ4v) is 3.64. The monoisotopic (exact) mass is 302 g/mol. The number of rotatable bonds is 6. The van der Waals surface area contributed by atoms with Crippen molar-refractivity contribution < 1.29 is 4.74 Å². The zero-order valence-electron chi connectivity index (χ0n) is 12.5. The Hall–Kier alpha value is -1.39. The molecule has 0 spiro atoms. The van der Waals surface area contributed by atoms with Gasteiger partial charge in [0.05, 0.1) is 17.8 Å². The average molecular weight is 302 g/mol. The Kier molecular flexibility index (Phi) is 4.88. The topological polar surface area (TPSA) is 34.1 Å². The average Bonchev–Trinajstić information content (AvgIpc) is 3.19. The maximum atomic E-state index is 5.19. The van der Waals surface area contributed by atoms with E-state index in [2.05, 4.69) is 22.8 Å². The molecule has 4 heteroatoms. The van der Waals surface area contributed by atoms with Crippen LogP contribution in [-0.2, 0) is 6.42 Å². The molecule has 0 radical (unpaired) electrons. The molecule has 3 nitrogen and oxygen atoms in total. The van der Waals surface area contributed by atoms with Crippen molar-refractivity contribution in [1.29, 1.82) is 0 Å². The molecule has 1 heterocycles. The van der Waals surface area contributed by atoms with Crippen molar-refractivity contribution in [3.8, 4) is 17.0 Å². The van der Waals surface area contributed by atoms with Gasteiger partial charge in [0.2, 0.25) is 0 Å². The van der Waals surface area contributed by atoms with Gasteiger partial charge in [0.1, 0.15) is 5.75 Å². The summed E-state index contributed by atoms with van der Waals surface area (Å²) >= 11 is 1.75. The van der Waals surface area contributed by atoms with Gasteiger partial charge in [-0.3, -0.25) is 0 Å². The number of nitrogens with zero attached hydrogens (tertiary/aromatic N) is 1. The van der Waals surface area contributed by atoms with E-state index in [1.165, 1.54) is 30.7 Å². The van der Waals surface area contributed by atoms with Gasteiger partial charge in [0.25, 0.3) is 0 Å². The summed E-state index contributed by atoms with van der Waals surface area (Å²) in [7, 11) is 1.69. The molecule has 2 aromatic rings. The lowest BCUT2D eigenvalue weighted by molar-refractivity contribution is 0.415. The van der Waals surface area contributed by atoms with E-state index in [1.54, 1.807) is 18.4 Å². The van der Waals surface area contributed by atoms with E-state index in [9.17, 15) is 0 Å². The van der Waals surface area contributed by atoms with Crippen LogP contribution in [0, 0.1) is 0 Å². The van der Waals surface area contributed by atoms with E-state index in [0.29, 0.717) is 0 Å². The van der Waals surface area contributed by atoms with Gasteiger partial charge < -0.3 is 10.1 Å². The molecule has 1 fully saturated rings. The molecule has 0 aliphatic heterocycles. The maximum absolute atomic E-state index is 5.19. The molecule has 1 aliphatic rings. The zero-order chi connectivity index (χ0) is 14.5. The molecule has 1 saturated carbocycles. The van der Waals surface area contributed by atoms with Crippen molar-refractivity contribution in [2.24, 2.45) is 0 Å². The van der Waals surface area contributed by atoms with E-state index in [0.717, 1.165) is 36.0 Å². The van der Waals surface area contributed by atoms with E-state index < -0.39 is 0 Å². The second kappa shape index (κ2) is 7.05. The quantitative estimate of drug-likeness (QED) is 0.879. The molecule has 0 unspecified atom stereocenters. The van der Waals surface area contributed by atoms with Crippen LogP contribution in [-0.4, -0.2) is 24.7 Å². The van der Waals surface area contributed by atoms with Gasteiger partial charge in [-0.25, -0.2) is 4.98 Å². The summed E-state index contributed by atoms with van der Waals surface area (Å²) in [6.45, 7) is 1.04. The molecule has 3 rings (SSSR count). The van der Waals surface area contributed by atoms with Crippen molar-refractivity contribution in [1.82, 2.24) is 10.3 Å². The molecule has 0 bridgehead atoms. The number of benzene rings is 1. The number of methoxy groups -OCH3 is 1. The Labute approximate surface area is 130 Å². The number of ether oxygens (including phenoxy) is 1. The molecule has 21 heavy (non-hydrogen) atoms. The van der Waals surface area contributed by atoms with Gasteiger partial charge in [0.15, 0.2) is 0 Å². The predicted molar refractivity (Wildman–Crippen MR) is 88.1 cm³/mol. The summed E-state index contributed by atoms with van der Waals surface area (Å²) < 4.78 is 5.19. The largest absolute Gasteiger partial charge is 0.497 e. The molecular formula is C17H22N2OS. The van der Waals surface area contributed by atoms with Gasteiger partial charge in [-0.2, -0.15) is 0 Å². The summed E-state index contributed by atoms with van der Waals surface area (Å²) in [6.07, 6.45) is 6.48. The minimum Gasteiger partial charge on any atom is -0.497 e. The van der Waals surface area contributed by atoms with Crippen LogP contribution in [0.2, 0.25) is 0 Å². The van der Waals surface area contributed by atoms with Crippen molar-refractivity contribution >= 4 is 11.3 Å². The van der Waals surface area contributed by atoms with E-state index >= 15 is 0 Å². The van der Waals surface area contributed by atoms with E-state index in [-0.39, 0.29) is 0 Å². The Morgan fingerprint density at radius 3 is 2.71 bits per heavy atom. The van der Waals surface area contributed by atoms with Gasteiger partial charge in [-0.1, -0.05) is 12.8 Å². The molecule has 0 saturated heterocycles. The molecule has 0 atom stereocenters. The predicted octanol–water partition coefficient (Wildman–Crippen LogP) is 3.89. The van der Waals surface area contributed by atoms with Gasteiger partial charge in [0, 0.05) is 30.0 Å². The Balaban J connectivity index is 1.54. The third-order valence-corrected chi connectivity index (χ3v) is 4.97. The van der Waals surface area contributed by atoms with Gasteiger partial charge in [-0.15, -0.1) is 11.3 Å². The molecule has 1 aliphatic carbocycles. The minimum atomic E-state index is 0.742. The highest BCUT2D eigenvalue weighted by atomic mass is 32.1. The normalized spacial score (nSPS) is 15.5. The Morgan fingerprint density at radius 1 is 1.24 bits per heavy atom. The number of thiazole rings is 1. The lowest BCUT2D eigenvalue weighted by Crippen LogP contribution is -2.27. The van der Waals surface area contributed by atoms with Crippen LogP contribution in [0.5, 0.6) is 5.75 Å². The van der Waals surface area contributed by atoms with Gasteiger partial charge in [-0.05, 0) is 37.1 Å². The summed E-state index contributed by atoms with van der Waals surface area (Å²) in [5.41, 5.74) is 2.22. The first-order chi connectivity index (χ1) is 10.3. The molecule has 0 amide bonds. The summed E-state index contributed by atoms with van der Waals surface area (Å²) in [5, 5.41) is 7.00. The first-order valence-corrected chi connectivity index (χ1v) is 8.55. The van der Waals surface area contributed by atoms with Crippen molar-refractivity contribution in [3.05, 3.63) is 34.7 Å². The first-order valence-electron chi connectivity index (χ1n) is 7.67. The minimum absolute atomic E-state index is 0.742. The SMILES string of the molecule is COc1ccc(-c2csc(CCNC3CCCC3)n2)cc1. The van der Waals surface area contributed by atoms with Crippen LogP contribution in [0.3, 0.4) is 0 Å². The first kappa shape index (κ1) is 14.5. The number of hydrogen-bond acceptors (Lipinski definition) is 4. The second-order valence-corrected chi connectivity index (χ2v) is 6.48. The Bertz CT molecular complexity index is 558. The zero-order valence-corrected chi connectivity index (χ0v) is 13.3. The molecule has 112 valence electrons. The van der Waals surface area contributed by atoms with Crippen LogP contribution >= 0.6 is 11.3 Å². The van der Waals surface area contributed by atoms with Gasteiger partial charge >= 0.3 is 0 Å². The fraction of sp³-hybridized carbons (Fsp3) is 0.471. The van der Waals surface area contributed by atoms with Crippen LogP contribution in [0.15, 0.2) is 29.6 Å². The maximum Gasteiger partial charge on any atom is 0.118 e. The summed E-state index contributed by atoms with van der Waals surface area (Å²) in [5.74, 6) is 0.884. The lowest BCUT2D eigenvalue weighted by Gasteiger charge is -2.10. The third-order valence-electron chi connectivity index (χ3n) is 4.06. The third kappa shape index (κ3) is 3.83. The highest BCUT2D eigenvalue weighted by Gasteiger charge is 2.13. The van der Waals surface area contributed by atoms with E-state index in [1.807, 2.05) is 12.1 Å². The highest BCUT2D eigenvalue weighted by Crippen LogP contribution is 2.24. The van der Waals surface area contributed by atoms with Crippen LogP contribution < -0.4 is 10.1 Å². The van der Waals surface area contributed by atoms with E-state index in [4.69, 9.17) is 9.72 Å². The van der Waals surface area contributed by atoms with Crippen molar-refractivity contribution in [2.45, 2.75) is 38.1 Å². The molecule has 1 aromatic heterocycles. The Morgan fingerprint density at radius 2 is 2.00 bits per heavy atom. The standard InChI is InChI=1S/C17H22N2OS/c1-20-15-8-6-13(7-9-15)16-12-21-17(19-16)10-11-18-14-4-2-3-5-14/h6-9,12,14,18H,2-5,10-11H2,1H3. The summed E-state index contributed by atoms with van der Waals surface area (Å²) in [6, 6.07) is 8.83. The smallest absolute Gasteiger partial charge is 0.118 e. The highest BCUT2D eigenvalue weighted by molar-refractivity contribution is 7.09. The number of hydrogen-bond donors (Lipinski definition) is 1. The van der Waals surface area contributed by atoms with Crippen LogP contribution in [0.4, 0.5) is 0 Å². The number of aromatic nitrogens is 1. The van der Waals surface area contributed by atoms with Crippen molar-refractivity contribution in [2.75, 3.05) is 13.7 Å². The number of nitrogens with one attached hydrogen (secondary N) is 1. The summed E-state index contributed by atoms with van der Waals surface area (Å²) in [4.78, 5) is 4.74.